The molecule has 130 valence electrons. The summed E-state index contributed by atoms with van der Waals surface area (Å²) < 4.78 is 1.52. The van der Waals surface area contributed by atoms with Crippen LogP contribution in [0, 0.1) is 13.8 Å². The second-order valence-corrected chi connectivity index (χ2v) is 7.15. The molecule has 0 spiro atoms. The van der Waals surface area contributed by atoms with Gasteiger partial charge < -0.3 is 0 Å². The van der Waals surface area contributed by atoms with Gasteiger partial charge >= 0.3 is 0 Å². The highest BCUT2D eigenvalue weighted by Gasteiger charge is 2.11. The van der Waals surface area contributed by atoms with E-state index in [4.69, 9.17) is 23.2 Å². The topological polar surface area (TPSA) is 47.8 Å². The van der Waals surface area contributed by atoms with Gasteiger partial charge in [0.1, 0.15) is 5.15 Å². The third kappa shape index (κ3) is 2.85. The molecule has 0 fully saturated rings. The minimum Gasteiger partial charge on any atom is -0.294 e. The summed E-state index contributed by atoms with van der Waals surface area (Å²) in [7, 11) is 0. The van der Waals surface area contributed by atoms with Crippen molar-refractivity contribution in [1.82, 2.24) is 14.5 Å². The van der Waals surface area contributed by atoms with Crippen molar-refractivity contribution >= 4 is 45.0 Å². The van der Waals surface area contributed by atoms with Gasteiger partial charge in [0.05, 0.1) is 29.3 Å². The first-order valence-electron chi connectivity index (χ1n) is 8.14. The maximum absolute atomic E-state index is 12.8. The average molecular weight is 384 g/mol. The number of aryl methyl sites for hydroxylation is 2. The smallest absolute Gasteiger partial charge is 0.261 e. The Hall–Kier alpha value is -2.43. The molecule has 0 unspecified atom stereocenters. The van der Waals surface area contributed by atoms with Crippen LogP contribution in [0.3, 0.4) is 0 Å². The van der Waals surface area contributed by atoms with E-state index in [0.717, 1.165) is 22.0 Å². The Morgan fingerprint density at radius 1 is 1.08 bits per heavy atom. The number of fused-ring (bicyclic) bond motifs is 2. The zero-order chi connectivity index (χ0) is 18.4. The number of halogens is 2. The summed E-state index contributed by atoms with van der Waals surface area (Å²) in [5.41, 5.74) is 4.39. The zero-order valence-electron chi connectivity index (χ0n) is 14.3. The molecule has 6 heteroatoms. The Morgan fingerprint density at radius 2 is 1.88 bits per heavy atom. The number of pyridine rings is 1. The van der Waals surface area contributed by atoms with E-state index in [9.17, 15) is 4.79 Å². The highest BCUT2D eigenvalue weighted by molar-refractivity contribution is 6.31. The van der Waals surface area contributed by atoms with Crippen molar-refractivity contribution in [2.75, 3.05) is 0 Å². The Balaban J connectivity index is 1.84. The summed E-state index contributed by atoms with van der Waals surface area (Å²) in [6, 6.07) is 11.1. The molecule has 0 atom stereocenters. The van der Waals surface area contributed by atoms with Crippen molar-refractivity contribution in [3.05, 3.63) is 79.9 Å². The zero-order valence-corrected chi connectivity index (χ0v) is 15.8. The summed E-state index contributed by atoms with van der Waals surface area (Å²) in [6.45, 7) is 4.37. The monoisotopic (exact) mass is 383 g/mol. The lowest BCUT2D eigenvalue weighted by atomic mass is 10.0. The molecule has 0 N–H and O–H groups in total. The largest absolute Gasteiger partial charge is 0.294 e. The van der Waals surface area contributed by atoms with Crippen molar-refractivity contribution in [3.63, 3.8) is 0 Å². The van der Waals surface area contributed by atoms with E-state index < -0.39 is 0 Å². The molecule has 26 heavy (non-hydrogen) atoms. The molecule has 0 aliphatic carbocycles. The van der Waals surface area contributed by atoms with E-state index in [1.165, 1.54) is 16.5 Å². The van der Waals surface area contributed by atoms with Gasteiger partial charge in [0.15, 0.2) is 0 Å². The molecular weight excluding hydrogens is 369 g/mol. The third-order valence-electron chi connectivity index (χ3n) is 4.66. The summed E-state index contributed by atoms with van der Waals surface area (Å²) in [5.74, 6) is 0. The predicted octanol–water partition coefficient (Wildman–Crippen LogP) is 4.92. The van der Waals surface area contributed by atoms with E-state index in [1.807, 2.05) is 26.0 Å². The van der Waals surface area contributed by atoms with Crippen LogP contribution in [-0.4, -0.2) is 14.5 Å². The third-order valence-corrected chi connectivity index (χ3v) is 5.23. The lowest BCUT2D eigenvalue weighted by molar-refractivity contribution is 0.747. The molecular formula is C20H15Cl2N3O. The van der Waals surface area contributed by atoms with Crippen LogP contribution in [0.25, 0.3) is 21.8 Å². The van der Waals surface area contributed by atoms with Crippen LogP contribution in [0.5, 0.6) is 0 Å². The second-order valence-electron chi connectivity index (χ2n) is 6.36. The van der Waals surface area contributed by atoms with Gasteiger partial charge in [0.2, 0.25) is 0 Å². The van der Waals surface area contributed by atoms with Gasteiger partial charge in [-0.3, -0.25) is 9.36 Å². The van der Waals surface area contributed by atoms with E-state index in [2.05, 4.69) is 16.0 Å². The highest BCUT2D eigenvalue weighted by atomic mass is 35.5. The van der Waals surface area contributed by atoms with Gasteiger partial charge in [-0.1, -0.05) is 35.3 Å². The Kier molecular flexibility index (Phi) is 4.17. The van der Waals surface area contributed by atoms with E-state index >= 15 is 0 Å². The minimum atomic E-state index is -0.159. The maximum atomic E-state index is 12.8. The van der Waals surface area contributed by atoms with Crippen LogP contribution in [0.1, 0.15) is 16.7 Å². The fraction of sp³-hybridized carbons (Fsp3) is 0.150. The molecule has 0 bridgehead atoms. The molecule has 4 rings (SSSR count). The lowest BCUT2D eigenvalue weighted by Crippen LogP contribution is -2.21. The van der Waals surface area contributed by atoms with Crippen LogP contribution in [0.15, 0.2) is 47.5 Å². The van der Waals surface area contributed by atoms with Gasteiger partial charge in [-0.2, -0.15) is 0 Å². The lowest BCUT2D eigenvalue weighted by Gasteiger charge is -2.11. The van der Waals surface area contributed by atoms with Gasteiger partial charge in [-0.15, -0.1) is 0 Å². The number of hydrogen-bond donors (Lipinski definition) is 0. The molecule has 2 aromatic heterocycles. The Labute approximate surface area is 160 Å². The summed E-state index contributed by atoms with van der Waals surface area (Å²) >= 11 is 12.4. The minimum absolute atomic E-state index is 0.159. The van der Waals surface area contributed by atoms with Crippen molar-refractivity contribution in [3.8, 4) is 0 Å². The number of aromatic nitrogens is 3. The summed E-state index contributed by atoms with van der Waals surface area (Å²) in [4.78, 5) is 21.6. The molecule has 0 radical (unpaired) electrons. The van der Waals surface area contributed by atoms with Crippen LogP contribution >= 0.6 is 23.2 Å². The SMILES string of the molecule is Cc1ccc2cc(Cn3cnc4ccc(Cl)cc4c3=O)c(Cl)nc2c1C. The van der Waals surface area contributed by atoms with E-state index in [0.29, 0.717) is 27.6 Å². The van der Waals surface area contributed by atoms with E-state index in [-0.39, 0.29) is 5.56 Å². The number of hydrogen-bond acceptors (Lipinski definition) is 3. The molecule has 0 amide bonds. The molecule has 4 aromatic rings. The normalized spacial score (nSPS) is 11.4. The Morgan fingerprint density at radius 3 is 2.69 bits per heavy atom. The van der Waals surface area contributed by atoms with Crippen molar-refractivity contribution < 1.29 is 0 Å². The first-order valence-corrected chi connectivity index (χ1v) is 8.89. The molecule has 0 saturated heterocycles. The molecule has 0 saturated carbocycles. The highest BCUT2D eigenvalue weighted by Crippen LogP contribution is 2.25. The predicted molar refractivity (Wildman–Crippen MR) is 106 cm³/mol. The maximum Gasteiger partial charge on any atom is 0.261 e. The van der Waals surface area contributed by atoms with Gasteiger partial charge in [0, 0.05) is 16.0 Å². The van der Waals surface area contributed by atoms with Gasteiger partial charge in [-0.25, -0.2) is 9.97 Å². The molecule has 2 heterocycles. The molecule has 0 aliphatic heterocycles. The number of nitrogens with zero attached hydrogens (tertiary/aromatic N) is 3. The number of rotatable bonds is 2. The standard InChI is InChI=1S/C20H15Cl2N3O/c1-11-3-4-13-7-14(19(22)24-18(13)12(11)2)9-25-10-23-17-6-5-15(21)8-16(17)20(25)26/h3-8,10H,9H2,1-2H3. The second kappa shape index (κ2) is 6.38. The molecule has 0 aliphatic rings. The van der Waals surface area contributed by atoms with Gasteiger partial charge in [-0.05, 0) is 49.2 Å². The first kappa shape index (κ1) is 17.0. The van der Waals surface area contributed by atoms with Crippen LogP contribution in [-0.2, 0) is 6.54 Å². The average Bonchev–Trinajstić information content (AvgIpc) is 2.62. The summed E-state index contributed by atoms with van der Waals surface area (Å²) in [6.07, 6.45) is 1.53. The van der Waals surface area contributed by atoms with E-state index in [1.54, 1.807) is 18.2 Å². The van der Waals surface area contributed by atoms with Crippen molar-refractivity contribution in [2.24, 2.45) is 0 Å². The van der Waals surface area contributed by atoms with Crippen LogP contribution in [0.4, 0.5) is 0 Å². The quantitative estimate of drug-likeness (QED) is 0.461. The molecule has 2 aromatic carbocycles. The van der Waals surface area contributed by atoms with Crippen molar-refractivity contribution in [1.29, 1.82) is 0 Å². The van der Waals surface area contributed by atoms with Crippen molar-refractivity contribution in [2.45, 2.75) is 20.4 Å². The van der Waals surface area contributed by atoms with Crippen LogP contribution in [0.2, 0.25) is 10.2 Å². The first-order chi connectivity index (χ1) is 12.4. The summed E-state index contributed by atoms with van der Waals surface area (Å²) in [5, 5.41) is 2.38. The van der Waals surface area contributed by atoms with Gasteiger partial charge in [0.25, 0.3) is 5.56 Å². The fourth-order valence-corrected chi connectivity index (χ4v) is 3.41. The fourth-order valence-electron chi connectivity index (χ4n) is 3.04. The molecule has 4 nitrogen and oxygen atoms in total. The Bertz CT molecular complexity index is 1230. The number of benzene rings is 2. The van der Waals surface area contributed by atoms with Crippen LogP contribution < -0.4 is 5.56 Å².